The molecule has 0 saturated carbocycles. The molecule has 1 fully saturated rings. The van der Waals surface area contributed by atoms with Crippen molar-refractivity contribution in [1.82, 2.24) is 15.5 Å². The molecule has 3 rings (SSSR count). The van der Waals surface area contributed by atoms with E-state index in [9.17, 15) is 0 Å². The van der Waals surface area contributed by atoms with Crippen molar-refractivity contribution >= 4 is 29.9 Å². The molecule has 7 heteroatoms. The average Bonchev–Trinajstić information content (AvgIpc) is 3.43. The Labute approximate surface area is 203 Å². The van der Waals surface area contributed by atoms with E-state index in [-0.39, 0.29) is 35.6 Å². The van der Waals surface area contributed by atoms with Gasteiger partial charge in [0.15, 0.2) is 5.96 Å². The van der Waals surface area contributed by atoms with E-state index < -0.39 is 0 Å². The summed E-state index contributed by atoms with van der Waals surface area (Å²) in [4.78, 5) is 6.88. The van der Waals surface area contributed by atoms with E-state index in [1.165, 1.54) is 24.0 Å². The van der Waals surface area contributed by atoms with Gasteiger partial charge >= 0.3 is 0 Å². The standard InChI is InChI=1S/C24H36N4O2.HI/c1-24(2,3)30-18-20-10-7-9-19(15-20)16-26-23(25-4)27-17-21(22-11-8-14-29-22)28-12-5-6-13-28;/h7-11,14-15,21H,5-6,12-13,16-18H2,1-4H3,(H2,25,26,27);1H. The number of nitrogens with one attached hydrogen (secondary N) is 2. The normalized spacial score (nSPS) is 16.1. The number of guanidine groups is 1. The van der Waals surface area contributed by atoms with Crippen LogP contribution in [0.2, 0.25) is 0 Å². The zero-order valence-corrected chi connectivity index (χ0v) is 21.5. The molecule has 1 saturated heterocycles. The number of furan rings is 1. The highest BCUT2D eigenvalue weighted by atomic mass is 127. The molecule has 1 atom stereocenters. The Morgan fingerprint density at radius 3 is 2.52 bits per heavy atom. The quantitative estimate of drug-likeness (QED) is 0.289. The minimum atomic E-state index is -0.139. The highest BCUT2D eigenvalue weighted by Gasteiger charge is 2.25. The first-order chi connectivity index (χ1) is 14.4. The number of ether oxygens (including phenoxy) is 1. The molecule has 6 nitrogen and oxygen atoms in total. The van der Waals surface area contributed by atoms with Crippen molar-refractivity contribution in [2.45, 2.75) is 58.4 Å². The van der Waals surface area contributed by atoms with Crippen LogP contribution in [0.25, 0.3) is 0 Å². The van der Waals surface area contributed by atoms with Crippen molar-refractivity contribution in [3.63, 3.8) is 0 Å². The third kappa shape index (κ3) is 8.46. The van der Waals surface area contributed by atoms with Gasteiger partial charge < -0.3 is 19.8 Å². The van der Waals surface area contributed by atoms with Gasteiger partial charge in [-0.3, -0.25) is 9.89 Å². The summed E-state index contributed by atoms with van der Waals surface area (Å²) in [6.45, 7) is 10.5. The fraction of sp³-hybridized carbons (Fsp3) is 0.542. The van der Waals surface area contributed by atoms with Crippen molar-refractivity contribution < 1.29 is 9.15 Å². The van der Waals surface area contributed by atoms with E-state index in [0.717, 1.165) is 31.4 Å². The Bertz CT molecular complexity index is 796. The fourth-order valence-corrected chi connectivity index (χ4v) is 3.67. The lowest BCUT2D eigenvalue weighted by Gasteiger charge is -2.26. The average molecular weight is 540 g/mol. The molecular formula is C24H37IN4O2. The van der Waals surface area contributed by atoms with Crippen LogP contribution in [0.15, 0.2) is 52.1 Å². The molecule has 0 radical (unpaired) electrons. The molecule has 172 valence electrons. The third-order valence-electron chi connectivity index (χ3n) is 5.26. The van der Waals surface area contributed by atoms with Crippen LogP contribution in [0.5, 0.6) is 0 Å². The van der Waals surface area contributed by atoms with Gasteiger partial charge in [0.05, 0.1) is 24.5 Å². The molecule has 0 aliphatic carbocycles. The van der Waals surface area contributed by atoms with Crippen LogP contribution in [-0.4, -0.2) is 43.1 Å². The Balaban J connectivity index is 0.00000341. The lowest BCUT2D eigenvalue weighted by molar-refractivity contribution is -0.0149. The van der Waals surface area contributed by atoms with Gasteiger partial charge in [0, 0.05) is 20.1 Å². The second kappa shape index (κ2) is 12.5. The predicted octanol–water partition coefficient (Wildman–Crippen LogP) is 4.71. The smallest absolute Gasteiger partial charge is 0.191 e. The zero-order chi connectivity index (χ0) is 21.4. The maximum absolute atomic E-state index is 5.90. The first-order valence-electron chi connectivity index (χ1n) is 10.9. The van der Waals surface area contributed by atoms with Crippen LogP contribution < -0.4 is 10.6 Å². The third-order valence-corrected chi connectivity index (χ3v) is 5.26. The van der Waals surface area contributed by atoms with E-state index in [1.807, 2.05) is 6.07 Å². The molecule has 0 bridgehead atoms. The first-order valence-corrected chi connectivity index (χ1v) is 10.9. The molecule has 2 heterocycles. The molecular weight excluding hydrogens is 503 g/mol. The largest absolute Gasteiger partial charge is 0.468 e. The molecule has 2 N–H and O–H groups in total. The minimum Gasteiger partial charge on any atom is -0.468 e. The van der Waals surface area contributed by atoms with Crippen LogP contribution >= 0.6 is 24.0 Å². The van der Waals surface area contributed by atoms with Gasteiger partial charge in [-0.1, -0.05) is 24.3 Å². The van der Waals surface area contributed by atoms with E-state index in [0.29, 0.717) is 13.2 Å². The number of nitrogens with zero attached hydrogens (tertiary/aromatic N) is 2. The molecule has 31 heavy (non-hydrogen) atoms. The Morgan fingerprint density at radius 1 is 1.13 bits per heavy atom. The van der Waals surface area contributed by atoms with Crippen molar-refractivity contribution in [2.24, 2.45) is 4.99 Å². The molecule has 2 aromatic rings. The van der Waals surface area contributed by atoms with Crippen LogP contribution in [0.1, 0.15) is 56.5 Å². The summed E-state index contributed by atoms with van der Waals surface area (Å²) >= 11 is 0. The minimum absolute atomic E-state index is 0. The van der Waals surface area contributed by atoms with Gasteiger partial charge in [-0.2, -0.15) is 0 Å². The molecule has 1 aromatic carbocycles. The molecule has 1 aliphatic heterocycles. The SMILES string of the molecule is CN=C(NCc1cccc(COC(C)(C)C)c1)NCC(c1ccco1)N1CCCC1.I. The van der Waals surface area contributed by atoms with E-state index >= 15 is 0 Å². The van der Waals surface area contributed by atoms with Crippen molar-refractivity contribution in [1.29, 1.82) is 0 Å². The summed E-state index contributed by atoms with van der Waals surface area (Å²) in [6.07, 6.45) is 4.25. The Morgan fingerprint density at radius 2 is 1.87 bits per heavy atom. The maximum Gasteiger partial charge on any atom is 0.191 e. The number of aliphatic imine (C=N–C) groups is 1. The van der Waals surface area contributed by atoms with E-state index in [1.54, 1.807) is 13.3 Å². The first kappa shape index (κ1) is 25.7. The molecule has 1 aromatic heterocycles. The summed E-state index contributed by atoms with van der Waals surface area (Å²) in [5, 5.41) is 6.90. The Kier molecular flexibility index (Phi) is 10.3. The highest BCUT2D eigenvalue weighted by molar-refractivity contribution is 14.0. The van der Waals surface area contributed by atoms with Crippen LogP contribution in [0.4, 0.5) is 0 Å². The van der Waals surface area contributed by atoms with E-state index in [2.05, 4.69) is 71.6 Å². The summed E-state index contributed by atoms with van der Waals surface area (Å²) in [7, 11) is 1.81. The van der Waals surface area contributed by atoms with Crippen molar-refractivity contribution in [3.05, 3.63) is 59.5 Å². The summed E-state index contributed by atoms with van der Waals surface area (Å²) in [5.74, 6) is 1.80. The number of likely N-dealkylation sites (tertiary alicyclic amines) is 1. The lowest BCUT2D eigenvalue weighted by Crippen LogP contribution is -2.42. The molecule has 1 aliphatic rings. The van der Waals surface area contributed by atoms with Crippen molar-refractivity contribution in [2.75, 3.05) is 26.7 Å². The van der Waals surface area contributed by atoms with E-state index in [4.69, 9.17) is 9.15 Å². The Hall–Kier alpha value is -1.58. The van der Waals surface area contributed by atoms with Gasteiger partial charge in [-0.05, 0) is 70.0 Å². The maximum atomic E-state index is 5.90. The van der Waals surface area contributed by atoms with Crippen molar-refractivity contribution in [3.8, 4) is 0 Å². The number of rotatable bonds is 8. The zero-order valence-electron chi connectivity index (χ0n) is 19.2. The fourth-order valence-electron chi connectivity index (χ4n) is 3.67. The second-order valence-electron chi connectivity index (χ2n) is 8.80. The van der Waals surface area contributed by atoms with Gasteiger partial charge in [0.25, 0.3) is 0 Å². The van der Waals surface area contributed by atoms with Crippen LogP contribution in [0, 0.1) is 0 Å². The van der Waals surface area contributed by atoms with Crippen LogP contribution in [0.3, 0.4) is 0 Å². The highest BCUT2D eigenvalue weighted by Crippen LogP contribution is 2.24. The summed E-state index contributed by atoms with van der Waals surface area (Å²) < 4.78 is 11.6. The molecule has 1 unspecified atom stereocenters. The molecule has 0 amide bonds. The predicted molar refractivity (Wildman–Crippen MR) is 137 cm³/mol. The van der Waals surface area contributed by atoms with Gasteiger partial charge in [0.2, 0.25) is 0 Å². The van der Waals surface area contributed by atoms with Gasteiger partial charge in [-0.25, -0.2) is 0 Å². The topological polar surface area (TPSA) is 62.0 Å². The number of hydrogen-bond donors (Lipinski definition) is 2. The molecule has 0 spiro atoms. The number of benzene rings is 1. The number of hydrogen-bond acceptors (Lipinski definition) is 4. The summed E-state index contributed by atoms with van der Waals surface area (Å²) in [6, 6.07) is 12.7. The van der Waals surface area contributed by atoms with Gasteiger partial charge in [-0.15, -0.1) is 24.0 Å². The lowest BCUT2D eigenvalue weighted by atomic mass is 10.1. The van der Waals surface area contributed by atoms with Crippen LogP contribution in [-0.2, 0) is 17.9 Å². The monoisotopic (exact) mass is 540 g/mol. The van der Waals surface area contributed by atoms with Gasteiger partial charge in [0.1, 0.15) is 5.76 Å². The summed E-state index contributed by atoms with van der Waals surface area (Å²) in [5.41, 5.74) is 2.24. The number of halogens is 1. The second-order valence-corrected chi connectivity index (χ2v) is 8.80.